The predicted octanol–water partition coefficient (Wildman–Crippen LogP) is 2.27. The van der Waals surface area contributed by atoms with Crippen LogP contribution < -0.4 is 10.1 Å². The minimum atomic E-state index is -3.76. The lowest BCUT2D eigenvalue weighted by molar-refractivity contribution is 0.0624. The first-order valence-electron chi connectivity index (χ1n) is 9.88. The standard InChI is InChI=1S/C20H30N2O5S/c1-14-9-15(2)12-22(11-14)28(24,25)19-10-16(6-7-18(19)26-3)20(23)21-17-5-4-8-27-13-17/h6-7,10,14-15,17H,4-5,8-9,11-13H2,1-3H3,(H,21,23). The molecule has 3 unspecified atom stereocenters. The fraction of sp³-hybridized carbons (Fsp3) is 0.650. The van der Waals surface area contributed by atoms with Crippen molar-refractivity contribution in [3.8, 4) is 5.75 Å². The van der Waals surface area contributed by atoms with Crippen molar-refractivity contribution in [3.63, 3.8) is 0 Å². The molecule has 2 aliphatic rings. The van der Waals surface area contributed by atoms with Crippen molar-refractivity contribution in [2.75, 3.05) is 33.4 Å². The van der Waals surface area contributed by atoms with Gasteiger partial charge in [0.25, 0.3) is 5.91 Å². The van der Waals surface area contributed by atoms with Crippen LogP contribution in [-0.4, -0.2) is 58.1 Å². The first-order valence-corrected chi connectivity index (χ1v) is 11.3. The van der Waals surface area contributed by atoms with Gasteiger partial charge in [-0.3, -0.25) is 4.79 Å². The SMILES string of the molecule is COc1ccc(C(=O)NC2CCCOC2)cc1S(=O)(=O)N1CC(C)CC(C)C1. The average molecular weight is 411 g/mol. The van der Waals surface area contributed by atoms with Crippen LogP contribution in [0, 0.1) is 11.8 Å². The van der Waals surface area contributed by atoms with Gasteiger partial charge in [-0.2, -0.15) is 4.31 Å². The molecule has 2 saturated heterocycles. The first kappa shape index (κ1) is 21.1. The molecule has 3 rings (SSSR count). The number of piperidine rings is 1. The molecule has 0 aromatic heterocycles. The molecule has 0 bridgehead atoms. The summed E-state index contributed by atoms with van der Waals surface area (Å²) in [6.45, 7) is 6.27. The predicted molar refractivity (Wildman–Crippen MR) is 106 cm³/mol. The number of ether oxygens (including phenoxy) is 2. The van der Waals surface area contributed by atoms with Gasteiger partial charge in [-0.05, 0) is 49.3 Å². The van der Waals surface area contributed by atoms with Crippen LogP contribution in [0.25, 0.3) is 0 Å². The van der Waals surface area contributed by atoms with Gasteiger partial charge in [-0.1, -0.05) is 13.8 Å². The monoisotopic (exact) mass is 410 g/mol. The van der Waals surface area contributed by atoms with E-state index < -0.39 is 10.0 Å². The van der Waals surface area contributed by atoms with Gasteiger partial charge in [0.05, 0.1) is 19.8 Å². The zero-order valence-corrected chi connectivity index (χ0v) is 17.6. The summed E-state index contributed by atoms with van der Waals surface area (Å²) in [5.74, 6) is 0.544. The molecule has 2 heterocycles. The molecule has 2 fully saturated rings. The van der Waals surface area contributed by atoms with Gasteiger partial charge in [-0.25, -0.2) is 8.42 Å². The molecule has 1 aromatic carbocycles. The average Bonchev–Trinajstić information content (AvgIpc) is 2.67. The minimum absolute atomic E-state index is 0.0452. The molecule has 1 amide bonds. The highest BCUT2D eigenvalue weighted by atomic mass is 32.2. The van der Waals surface area contributed by atoms with Crippen LogP contribution in [0.15, 0.2) is 23.1 Å². The van der Waals surface area contributed by atoms with Crippen LogP contribution in [0.1, 0.15) is 43.5 Å². The Bertz CT molecular complexity index is 795. The number of hydrogen-bond acceptors (Lipinski definition) is 5. The number of amides is 1. The zero-order valence-electron chi connectivity index (χ0n) is 16.8. The van der Waals surface area contributed by atoms with Crippen molar-refractivity contribution in [1.29, 1.82) is 0 Å². The molecule has 3 atom stereocenters. The molecule has 28 heavy (non-hydrogen) atoms. The van der Waals surface area contributed by atoms with E-state index in [1.54, 1.807) is 12.1 Å². The fourth-order valence-corrected chi connectivity index (χ4v) is 5.95. The Morgan fingerprint density at radius 2 is 1.96 bits per heavy atom. The van der Waals surface area contributed by atoms with Gasteiger partial charge in [0, 0.05) is 25.3 Å². The molecular formula is C20H30N2O5S. The van der Waals surface area contributed by atoms with Crippen LogP contribution in [0.5, 0.6) is 5.75 Å². The maximum Gasteiger partial charge on any atom is 0.251 e. The van der Waals surface area contributed by atoms with E-state index in [1.165, 1.54) is 17.5 Å². The second-order valence-electron chi connectivity index (χ2n) is 8.02. The van der Waals surface area contributed by atoms with Gasteiger partial charge in [0.2, 0.25) is 10.0 Å². The topological polar surface area (TPSA) is 84.9 Å². The summed E-state index contributed by atoms with van der Waals surface area (Å²) < 4.78 is 38.8. The summed E-state index contributed by atoms with van der Waals surface area (Å²) in [4.78, 5) is 12.7. The number of methoxy groups -OCH3 is 1. The molecule has 0 spiro atoms. The van der Waals surface area contributed by atoms with E-state index in [-0.39, 0.29) is 22.6 Å². The van der Waals surface area contributed by atoms with Crippen LogP contribution in [0.4, 0.5) is 0 Å². The molecule has 0 saturated carbocycles. The molecule has 0 aliphatic carbocycles. The van der Waals surface area contributed by atoms with Crippen LogP contribution in [0.3, 0.4) is 0 Å². The van der Waals surface area contributed by atoms with E-state index in [2.05, 4.69) is 19.2 Å². The zero-order chi connectivity index (χ0) is 20.3. The van der Waals surface area contributed by atoms with E-state index >= 15 is 0 Å². The van der Waals surface area contributed by atoms with E-state index in [1.807, 2.05) is 0 Å². The fourth-order valence-electron chi connectivity index (χ4n) is 4.08. The third-order valence-electron chi connectivity index (χ3n) is 5.37. The number of carbonyl (C=O) groups excluding carboxylic acids is 1. The smallest absolute Gasteiger partial charge is 0.251 e. The van der Waals surface area contributed by atoms with Gasteiger partial charge >= 0.3 is 0 Å². The molecule has 0 radical (unpaired) electrons. The Hall–Kier alpha value is -1.64. The Kier molecular flexibility index (Phi) is 6.62. The summed E-state index contributed by atoms with van der Waals surface area (Å²) in [5, 5.41) is 2.93. The van der Waals surface area contributed by atoms with E-state index in [0.29, 0.717) is 43.7 Å². The Morgan fingerprint density at radius 1 is 1.25 bits per heavy atom. The number of sulfonamides is 1. The quantitative estimate of drug-likeness (QED) is 0.805. The van der Waals surface area contributed by atoms with Crippen molar-refractivity contribution in [2.24, 2.45) is 11.8 Å². The number of carbonyl (C=O) groups is 1. The Morgan fingerprint density at radius 3 is 2.57 bits per heavy atom. The van der Waals surface area contributed by atoms with Gasteiger partial charge in [0.15, 0.2) is 0 Å². The Balaban J connectivity index is 1.87. The van der Waals surface area contributed by atoms with Gasteiger partial charge in [-0.15, -0.1) is 0 Å². The van der Waals surface area contributed by atoms with E-state index in [0.717, 1.165) is 19.3 Å². The van der Waals surface area contributed by atoms with Crippen molar-refractivity contribution >= 4 is 15.9 Å². The maximum absolute atomic E-state index is 13.3. The number of nitrogens with zero attached hydrogens (tertiary/aromatic N) is 1. The van der Waals surface area contributed by atoms with E-state index in [4.69, 9.17) is 9.47 Å². The van der Waals surface area contributed by atoms with Gasteiger partial charge < -0.3 is 14.8 Å². The summed E-state index contributed by atoms with van der Waals surface area (Å²) >= 11 is 0. The van der Waals surface area contributed by atoms with Crippen LogP contribution >= 0.6 is 0 Å². The highest BCUT2D eigenvalue weighted by Gasteiger charge is 2.34. The van der Waals surface area contributed by atoms with Crippen molar-refractivity contribution in [1.82, 2.24) is 9.62 Å². The maximum atomic E-state index is 13.3. The number of nitrogens with one attached hydrogen (secondary N) is 1. The highest BCUT2D eigenvalue weighted by Crippen LogP contribution is 2.32. The van der Waals surface area contributed by atoms with Crippen molar-refractivity contribution in [2.45, 2.75) is 44.0 Å². The second-order valence-corrected chi connectivity index (χ2v) is 9.93. The summed E-state index contributed by atoms with van der Waals surface area (Å²) in [6, 6.07) is 4.53. The molecular weight excluding hydrogens is 380 g/mol. The normalized spacial score (nSPS) is 26.6. The third kappa shape index (κ3) is 4.67. The number of hydrogen-bond donors (Lipinski definition) is 1. The summed E-state index contributed by atoms with van der Waals surface area (Å²) in [7, 11) is -2.32. The minimum Gasteiger partial charge on any atom is -0.495 e. The molecule has 8 heteroatoms. The van der Waals surface area contributed by atoms with Crippen molar-refractivity contribution < 1.29 is 22.7 Å². The molecule has 1 N–H and O–H groups in total. The lowest BCUT2D eigenvalue weighted by Gasteiger charge is -2.34. The largest absolute Gasteiger partial charge is 0.495 e. The molecule has 7 nitrogen and oxygen atoms in total. The second kappa shape index (κ2) is 8.80. The third-order valence-corrected chi connectivity index (χ3v) is 7.23. The highest BCUT2D eigenvalue weighted by molar-refractivity contribution is 7.89. The van der Waals surface area contributed by atoms with Gasteiger partial charge in [0.1, 0.15) is 10.6 Å². The van der Waals surface area contributed by atoms with Crippen LogP contribution in [0.2, 0.25) is 0 Å². The Labute approximate surface area is 167 Å². The van der Waals surface area contributed by atoms with E-state index in [9.17, 15) is 13.2 Å². The molecule has 1 aromatic rings. The van der Waals surface area contributed by atoms with Crippen molar-refractivity contribution in [3.05, 3.63) is 23.8 Å². The first-order chi connectivity index (χ1) is 13.3. The molecule has 156 valence electrons. The molecule has 2 aliphatic heterocycles. The summed E-state index contributed by atoms with van der Waals surface area (Å²) in [6.07, 6.45) is 2.77. The summed E-state index contributed by atoms with van der Waals surface area (Å²) in [5.41, 5.74) is 0.308. The van der Waals surface area contributed by atoms with Crippen LogP contribution in [-0.2, 0) is 14.8 Å². The number of benzene rings is 1. The number of rotatable bonds is 5. The lowest BCUT2D eigenvalue weighted by atomic mass is 9.94. The lowest BCUT2D eigenvalue weighted by Crippen LogP contribution is -2.43.